The van der Waals surface area contributed by atoms with Crippen LogP contribution in [0.2, 0.25) is 0 Å². The van der Waals surface area contributed by atoms with E-state index in [0.717, 1.165) is 167 Å². The molecule has 22 aromatic carbocycles. The van der Waals surface area contributed by atoms with Gasteiger partial charge in [-0.1, -0.05) is 400 Å². The van der Waals surface area contributed by atoms with Crippen molar-refractivity contribution in [3.05, 3.63) is 498 Å². The summed E-state index contributed by atoms with van der Waals surface area (Å²) >= 11 is 0. The summed E-state index contributed by atoms with van der Waals surface area (Å²) in [4.78, 5) is 43.4. The van der Waals surface area contributed by atoms with Crippen LogP contribution in [0.4, 0.5) is 51.7 Å². The molecule has 0 fully saturated rings. The third-order valence-electron chi connectivity index (χ3n) is 28.8. The van der Waals surface area contributed by atoms with Crippen molar-refractivity contribution < 1.29 is 0 Å². The minimum absolute atomic E-state index is 0.621. The summed E-state index contributed by atoms with van der Waals surface area (Å²) in [6.07, 6.45) is 1.91. The van der Waals surface area contributed by atoms with E-state index in [2.05, 4.69) is 464 Å². The third kappa shape index (κ3) is 13.7. The predicted molar refractivity (Wildman–Crippen MR) is 596 cm³/mol. The van der Waals surface area contributed by atoms with Crippen molar-refractivity contribution in [3.63, 3.8) is 0 Å². The number of nitrogens with zero attached hydrogens (tertiary/aromatic N) is 10. The molecule has 0 amide bonds. The Morgan fingerprint density at radius 1 is 0.154 bits per heavy atom. The number of para-hydroxylation sites is 5. The van der Waals surface area contributed by atoms with E-state index in [4.69, 9.17) is 34.9 Å². The van der Waals surface area contributed by atoms with Crippen molar-refractivity contribution in [1.82, 2.24) is 34.9 Å². The van der Waals surface area contributed by atoms with Gasteiger partial charge in [-0.05, 0) is 195 Å². The van der Waals surface area contributed by atoms with Crippen molar-refractivity contribution in [2.24, 2.45) is 0 Å². The lowest BCUT2D eigenvalue weighted by atomic mass is 9.87. The maximum absolute atomic E-state index is 5.49. The van der Waals surface area contributed by atoms with Gasteiger partial charge in [0.25, 0.3) is 0 Å². The zero-order valence-corrected chi connectivity index (χ0v) is 77.3. The van der Waals surface area contributed by atoms with Gasteiger partial charge in [-0.25, -0.2) is 34.9 Å². The number of hydrogen-bond acceptors (Lipinski definition) is 10. The molecule has 10 heteroatoms. The highest BCUT2D eigenvalue weighted by Crippen LogP contribution is 2.59. The molecule has 5 aromatic heterocycles. The second-order valence-corrected chi connectivity index (χ2v) is 36.8. The second-order valence-electron chi connectivity index (χ2n) is 36.8. The van der Waals surface area contributed by atoms with Crippen molar-refractivity contribution in [2.45, 2.75) is 0 Å². The van der Waals surface area contributed by atoms with Crippen molar-refractivity contribution in [3.8, 4) is 112 Å². The highest BCUT2D eigenvalue weighted by atomic mass is 15.3. The first-order valence-corrected chi connectivity index (χ1v) is 48.6. The smallest absolute Gasteiger partial charge is 0.235 e. The molecule has 0 saturated carbocycles. The molecular weight excluding hydrogens is 1740 g/mol. The van der Waals surface area contributed by atoms with E-state index < -0.39 is 0 Å². The molecule has 0 unspecified atom stereocenters. The molecular formula is C133H82N10. The fourth-order valence-corrected chi connectivity index (χ4v) is 22.2. The molecule has 3 aliphatic rings. The summed E-state index contributed by atoms with van der Waals surface area (Å²) in [7, 11) is 0. The highest BCUT2D eigenvalue weighted by molar-refractivity contribution is 6.28. The number of pyridine rings is 3. The largest absolute Gasteiger partial charge is 0.308 e. The van der Waals surface area contributed by atoms with Gasteiger partial charge in [0.2, 0.25) is 11.9 Å². The lowest BCUT2D eigenvalue weighted by Crippen LogP contribution is -2.18. The first-order valence-electron chi connectivity index (χ1n) is 48.6. The van der Waals surface area contributed by atoms with Crippen LogP contribution < -0.4 is 14.7 Å². The molecule has 143 heavy (non-hydrogen) atoms. The van der Waals surface area contributed by atoms with Crippen molar-refractivity contribution >= 4 is 171 Å². The van der Waals surface area contributed by atoms with E-state index in [1.54, 1.807) is 0 Å². The van der Waals surface area contributed by atoms with E-state index in [9.17, 15) is 0 Å². The van der Waals surface area contributed by atoms with Crippen molar-refractivity contribution in [2.75, 3.05) is 14.7 Å². The normalized spacial score (nSPS) is 12.2. The molecule has 0 radical (unpaired) electrons. The van der Waals surface area contributed by atoms with Crippen LogP contribution in [-0.4, -0.2) is 34.9 Å². The Labute approximate surface area is 824 Å². The maximum Gasteiger partial charge on any atom is 0.235 e. The average molecular weight is 1820 g/mol. The van der Waals surface area contributed by atoms with Crippen LogP contribution >= 0.6 is 0 Å². The fraction of sp³-hybridized carbons (Fsp3) is 0. The van der Waals surface area contributed by atoms with Gasteiger partial charge in [0, 0.05) is 82.3 Å². The Bertz CT molecular complexity index is 9830. The lowest BCUT2D eigenvalue weighted by molar-refractivity contribution is 1.11. The highest BCUT2D eigenvalue weighted by Gasteiger charge is 2.36. The standard InChI is InChI=1S/C51H32N4.C49H30N2.C33H20N4/c1-4-14-33(15-5-1)36-20-12-21-37(30-36)39-26-28-45-42(31-39)40-23-13-25-47-48(40)50(52-45)43-32-38(34-16-6-2-7-17-34)27-29-46(43)55(47)51-53-44-24-11-10-22-41(44)49(54-51)35-18-8-3-9-19-35;1-2-15-34-31(13-1)14-11-22-35(34)32-27-29-33(30-28-32)46-38-17-3-5-19-40(38)49(41-20-6-4-18-39(41)46)51-44-25-10-8-21-42(44)48-47-37(23-12-26-45(47)51)36-16-7-9-24-43(36)50-48;1-2-9-21(10-3-1)22-17-18-29-26(19-22)32-31-25(24-12-5-7-15-28(24)35-32)13-8-16-30(31)37(29)33-34-20-23-11-4-6-14-27(23)36-33/h1-32H;1-30H;1-20H. The average Bonchev–Trinajstić information content (AvgIpc) is 0.716. The molecule has 664 valence electrons. The Balaban J connectivity index is 0.000000107. The van der Waals surface area contributed by atoms with Gasteiger partial charge in [-0.3, -0.25) is 9.80 Å². The van der Waals surface area contributed by atoms with Crippen LogP contribution in [0.1, 0.15) is 0 Å². The zero-order valence-electron chi connectivity index (χ0n) is 77.3. The summed E-state index contributed by atoms with van der Waals surface area (Å²) in [6.45, 7) is 0. The first-order chi connectivity index (χ1) is 70.9. The topological polar surface area (TPSA) is 100.0 Å². The number of anilines is 9. The Kier molecular flexibility index (Phi) is 19.4. The van der Waals surface area contributed by atoms with Gasteiger partial charge < -0.3 is 4.90 Å². The summed E-state index contributed by atoms with van der Waals surface area (Å²) in [5.74, 6) is 1.27. The molecule has 8 heterocycles. The van der Waals surface area contributed by atoms with Gasteiger partial charge >= 0.3 is 0 Å². The minimum Gasteiger partial charge on any atom is -0.308 e. The van der Waals surface area contributed by atoms with Crippen LogP contribution in [0.25, 0.3) is 231 Å². The number of hydrogen-bond donors (Lipinski definition) is 0. The molecule has 0 aliphatic carbocycles. The van der Waals surface area contributed by atoms with Gasteiger partial charge in [0.05, 0.1) is 90.2 Å². The minimum atomic E-state index is 0.621. The SMILES string of the molecule is c1ccc(-c2ccc3c(c2)-c2nc4ccccc4c4cccc(c24)N3c2ncc3ccccc3n2)cc1.c1ccc(-c2cccc(-c3ccc4nc5c6c(cccc6c4c3)N(c3nc(-c4ccccc4)c4ccccc4n3)c3ccc(-c4ccccc4)cc3-5)c2)cc1.c1ccc2c(c1)-c1nc3ccccc3c3cccc(c13)N2c1c2ccccc2c(-c2ccc(-c3cccc4ccccc34)cc2)c2ccccc12. The van der Waals surface area contributed by atoms with Gasteiger partial charge in [-0.15, -0.1) is 0 Å². The maximum atomic E-state index is 5.49. The van der Waals surface area contributed by atoms with Crippen molar-refractivity contribution in [1.29, 1.82) is 0 Å². The quantitative estimate of drug-likeness (QED) is 0.0972. The molecule has 0 N–H and O–H groups in total. The lowest BCUT2D eigenvalue weighted by Gasteiger charge is -2.35. The number of rotatable bonds is 10. The van der Waals surface area contributed by atoms with Crippen LogP contribution in [0.3, 0.4) is 0 Å². The third-order valence-corrected chi connectivity index (χ3v) is 28.8. The Morgan fingerprint density at radius 2 is 0.503 bits per heavy atom. The molecule has 0 spiro atoms. The van der Waals surface area contributed by atoms with Gasteiger partial charge in [-0.2, -0.15) is 0 Å². The van der Waals surface area contributed by atoms with Crippen LogP contribution in [-0.2, 0) is 0 Å². The number of benzene rings is 22. The monoisotopic (exact) mass is 1820 g/mol. The van der Waals surface area contributed by atoms with E-state index in [-0.39, 0.29) is 0 Å². The molecule has 10 nitrogen and oxygen atoms in total. The van der Waals surface area contributed by atoms with Crippen LogP contribution in [0, 0.1) is 0 Å². The molecule has 30 rings (SSSR count). The van der Waals surface area contributed by atoms with E-state index >= 15 is 0 Å². The Morgan fingerprint density at radius 3 is 1.08 bits per heavy atom. The number of aromatic nitrogens is 7. The van der Waals surface area contributed by atoms with Crippen LogP contribution in [0.5, 0.6) is 0 Å². The van der Waals surface area contributed by atoms with Gasteiger partial charge in [0.1, 0.15) is 0 Å². The predicted octanol–water partition coefficient (Wildman–Crippen LogP) is 35.5. The van der Waals surface area contributed by atoms with E-state index in [1.165, 1.54) is 104 Å². The summed E-state index contributed by atoms with van der Waals surface area (Å²) in [5.41, 5.74) is 34.8. The molecule has 3 aliphatic heterocycles. The second kappa shape index (κ2) is 33.9. The fourth-order valence-electron chi connectivity index (χ4n) is 22.2. The molecule has 0 saturated heterocycles. The van der Waals surface area contributed by atoms with E-state index in [1.807, 2.05) is 48.7 Å². The molecule has 27 aromatic rings. The zero-order chi connectivity index (χ0) is 94.1. The summed E-state index contributed by atoms with van der Waals surface area (Å²) in [6, 6.07) is 175. The van der Waals surface area contributed by atoms with E-state index in [0.29, 0.717) is 11.9 Å². The summed E-state index contributed by atoms with van der Waals surface area (Å²) in [5, 5.41) is 19.8. The summed E-state index contributed by atoms with van der Waals surface area (Å²) < 4.78 is 0. The Hall–Kier alpha value is -19.3. The number of fused-ring (bicyclic) bond motifs is 17. The first kappa shape index (κ1) is 82.0. The van der Waals surface area contributed by atoms with Crippen LogP contribution in [0.15, 0.2) is 498 Å². The van der Waals surface area contributed by atoms with Gasteiger partial charge in [0.15, 0.2) is 0 Å². The molecule has 0 bridgehead atoms. The molecule has 0 atom stereocenters.